The first-order chi connectivity index (χ1) is 64.2. The van der Waals surface area contributed by atoms with E-state index in [1.54, 1.807) is 0 Å². The molecule has 0 saturated heterocycles. The molecule has 0 amide bonds. The number of phenols is 2. The molecule has 0 radical (unpaired) electrons. The third-order valence-corrected chi connectivity index (χ3v) is 34.6. The maximum Gasteiger partial charge on any atom is 0.123 e. The lowest BCUT2D eigenvalue weighted by Crippen LogP contribution is -2.24. The molecule has 6 aromatic carbocycles. The van der Waals surface area contributed by atoms with E-state index in [0.29, 0.717) is 41.3 Å². The van der Waals surface area contributed by atoms with Crippen molar-refractivity contribution in [2.75, 3.05) is 0 Å². The van der Waals surface area contributed by atoms with Gasteiger partial charge in [-0.1, -0.05) is 424 Å². The number of aryl methyl sites for hydroxylation is 3. The van der Waals surface area contributed by atoms with Gasteiger partial charge in [-0.15, -0.1) is 0 Å². The summed E-state index contributed by atoms with van der Waals surface area (Å²) in [6, 6.07) is 52.3. The first kappa shape index (κ1) is 102. The summed E-state index contributed by atoms with van der Waals surface area (Å²) in [5.41, 5.74) is 11.8. The second-order valence-corrected chi connectivity index (χ2v) is 49.1. The van der Waals surface area contributed by atoms with Crippen LogP contribution in [0.15, 0.2) is 231 Å². The van der Waals surface area contributed by atoms with Crippen molar-refractivity contribution in [2.45, 2.75) is 388 Å². The minimum absolute atomic E-state index is 0.179. The maximum absolute atomic E-state index is 11.5. The standard InChI is InChI=1S/C36H52O2.C17H22.C17H30.C16H20.C15H18.C15H26.C14H16O/c1-33(2,3)26-17-23(18-27(31(26)37)34(4,5)6)30(25-16-21-13-14-22(25)15-21)24-19-28(35(7,8)9)32(38)29(20-24)36(10,11)12;1-2-6-14(7-3-1)8-4-5-9-16-12-15-10-11-17(16)13-15;1-2-3-4-5-6-7-8-9-10-16-13-15-11-12-17(16)14-15;1-2-5-13(6-3-1)7-4-8-15-11-14-9-10-16(15)12-14;1-2-4-12(5-3-1)6-8-14-10-13-7-9-15(14)11-13;1-2-3-4-5-6-7-8-14-11-13-9-10-15(14)12-13;1-2-4-11(5-3-1)10-15-14-9-12-6-7-13(14)8-12/h13-14,17-22,25,30,37-38H,15-16H2,1-12H3;1-3,6-7,10-11,15-17H,4-5,8-9,12-13H2;11-12,15-17H,2-10,13-14H2,1H3;1-3,5-6,9-10,14-16H,4,7-8,11-12H2;1-5,7,9,13-15H,6,8,10-11H2;9-10,13-15H,2-8,11-12H2,1H3;1-7,12-14H,8-10H2. The molecule has 0 aliphatic heterocycles. The fourth-order valence-electron chi connectivity index (χ4n) is 27.0. The number of aromatic hydroxyl groups is 2. The summed E-state index contributed by atoms with van der Waals surface area (Å²) in [6.07, 6.45) is 90.1. The van der Waals surface area contributed by atoms with Crippen molar-refractivity contribution in [1.29, 1.82) is 0 Å². The second kappa shape index (κ2) is 49.1. The smallest absolute Gasteiger partial charge is 0.123 e. The van der Waals surface area contributed by atoms with Gasteiger partial charge < -0.3 is 14.9 Å². The van der Waals surface area contributed by atoms with E-state index in [-0.39, 0.29) is 27.6 Å². The van der Waals surface area contributed by atoms with Crippen LogP contribution >= 0.6 is 0 Å². The minimum Gasteiger partial charge on any atom is -0.507 e. The van der Waals surface area contributed by atoms with Gasteiger partial charge in [0.05, 0.1) is 12.7 Å². The number of unbranched alkanes of at least 4 members (excludes halogenated alkanes) is 13. The third-order valence-electron chi connectivity index (χ3n) is 34.6. The van der Waals surface area contributed by atoms with Crippen LogP contribution in [0.4, 0.5) is 0 Å². The topological polar surface area (TPSA) is 49.7 Å². The quantitative estimate of drug-likeness (QED) is 0.0313. The third kappa shape index (κ3) is 29.6. The molecule has 0 spiro atoms. The van der Waals surface area contributed by atoms with E-state index < -0.39 is 0 Å². The van der Waals surface area contributed by atoms with Gasteiger partial charge in [-0.2, -0.15) is 0 Å². The Morgan fingerprint density at radius 3 is 0.827 bits per heavy atom. The molecule has 21 unspecified atom stereocenters. The van der Waals surface area contributed by atoms with Gasteiger partial charge in [-0.3, -0.25) is 0 Å². The Balaban J connectivity index is 0.000000129. The van der Waals surface area contributed by atoms with E-state index in [1.165, 1.54) is 284 Å². The van der Waals surface area contributed by atoms with Crippen molar-refractivity contribution in [3.05, 3.63) is 286 Å². The molecule has 3 nitrogen and oxygen atoms in total. The van der Waals surface area contributed by atoms with Crippen LogP contribution in [-0.2, 0) is 52.3 Å². The lowest BCUT2D eigenvalue weighted by Gasteiger charge is -2.36. The Labute approximate surface area is 813 Å². The molecule has 0 aromatic heterocycles. The average Bonchev–Trinajstić information content (AvgIpc) is 1.42. The normalized spacial score (nSPS) is 28.8. The molecule has 133 heavy (non-hydrogen) atoms. The molecular formula is C130H184O3. The van der Waals surface area contributed by atoms with Crippen molar-refractivity contribution < 1.29 is 14.9 Å². The number of fused-ring (bicyclic) bond motifs is 14. The van der Waals surface area contributed by atoms with E-state index >= 15 is 0 Å². The first-order valence-corrected chi connectivity index (χ1v) is 55.5. The van der Waals surface area contributed by atoms with Crippen molar-refractivity contribution in [3.63, 3.8) is 0 Å². The molecule has 3 heteroatoms. The number of phenolic OH excluding ortho intramolecular Hbond substituents is 2. The van der Waals surface area contributed by atoms with Gasteiger partial charge in [0.2, 0.25) is 0 Å². The van der Waals surface area contributed by atoms with Crippen LogP contribution in [0.3, 0.4) is 0 Å². The Morgan fingerprint density at radius 1 is 0.263 bits per heavy atom. The Bertz CT molecular complexity index is 4450. The lowest BCUT2D eigenvalue weighted by molar-refractivity contribution is 0.0245. The predicted octanol–water partition coefficient (Wildman–Crippen LogP) is 36.1. The largest absolute Gasteiger partial charge is 0.507 e. The second-order valence-electron chi connectivity index (χ2n) is 49.1. The van der Waals surface area contributed by atoms with Crippen LogP contribution < -0.4 is 0 Å². The highest BCUT2D eigenvalue weighted by Crippen LogP contribution is 2.57. The fourth-order valence-corrected chi connectivity index (χ4v) is 27.0. The van der Waals surface area contributed by atoms with E-state index in [4.69, 9.17) is 4.74 Å². The lowest BCUT2D eigenvalue weighted by atomic mass is 9.69. The first-order valence-electron chi connectivity index (χ1n) is 55.5. The monoisotopic (exact) mass is 1790 g/mol. The van der Waals surface area contributed by atoms with E-state index in [9.17, 15) is 10.2 Å². The Kier molecular flexibility index (Phi) is 37.6. The van der Waals surface area contributed by atoms with E-state index in [2.05, 4.69) is 322 Å². The average molecular weight is 1790 g/mol. The van der Waals surface area contributed by atoms with Crippen LogP contribution in [0.25, 0.3) is 0 Å². The zero-order chi connectivity index (χ0) is 93.5. The molecule has 14 aliphatic rings. The predicted molar refractivity (Wildman–Crippen MR) is 570 cm³/mol. The van der Waals surface area contributed by atoms with Gasteiger partial charge >= 0.3 is 0 Å². The number of benzene rings is 6. The van der Waals surface area contributed by atoms with Gasteiger partial charge in [-0.05, 0) is 344 Å². The molecule has 6 aromatic rings. The van der Waals surface area contributed by atoms with Crippen LogP contribution in [-0.4, -0.2) is 16.3 Å². The van der Waals surface area contributed by atoms with Crippen LogP contribution in [0, 0.1) is 118 Å². The fraction of sp³-hybridized carbons (Fsp3) is 0.615. The van der Waals surface area contributed by atoms with Gasteiger partial charge in [0.15, 0.2) is 0 Å². The summed E-state index contributed by atoms with van der Waals surface area (Å²) in [4.78, 5) is 0. The summed E-state index contributed by atoms with van der Waals surface area (Å²) >= 11 is 0. The van der Waals surface area contributed by atoms with Gasteiger partial charge in [0.25, 0.3) is 0 Å². The molecular weight excluding hydrogens is 1610 g/mol. The molecule has 7 saturated carbocycles. The zero-order valence-corrected chi connectivity index (χ0v) is 86.2. The van der Waals surface area contributed by atoms with Crippen molar-refractivity contribution in [1.82, 2.24) is 0 Å². The number of hydrogen-bond donors (Lipinski definition) is 2. The molecule has 0 heterocycles. The Morgan fingerprint density at radius 2 is 0.534 bits per heavy atom. The zero-order valence-electron chi connectivity index (χ0n) is 86.2. The van der Waals surface area contributed by atoms with Crippen molar-refractivity contribution >= 4 is 0 Å². The van der Waals surface area contributed by atoms with Gasteiger partial charge in [-0.25, -0.2) is 0 Å². The summed E-state index contributed by atoms with van der Waals surface area (Å²) in [7, 11) is 0. The summed E-state index contributed by atoms with van der Waals surface area (Å²) in [6.45, 7) is 31.7. The number of hydrogen-bond acceptors (Lipinski definition) is 3. The maximum atomic E-state index is 11.5. The molecule has 21 atom stereocenters. The van der Waals surface area contributed by atoms with Crippen molar-refractivity contribution in [2.24, 2.45) is 118 Å². The molecule has 2 N–H and O–H groups in total. The van der Waals surface area contributed by atoms with E-state index in [1.807, 2.05) is 6.07 Å². The highest BCUT2D eigenvalue weighted by atomic mass is 16.5. The number of rotatable bonds is 34. The molecule has 14 aliphatic carbocycles. The molecule has 14 bridgehead atoms. The van der Waals surface area contributed by atoms with Gasteiger partial charge in [0.1, 0.15) is 11.5 Å². The molecule has 722 valence electrons. The van der Waals surface area contributed by atoms with Gasteiger partial charge in [0, 0.05) is 11.8 Å². The highest BCUT2D eigenvalue weighted by molar-refractivity contribution is 5.56. The molecule has 20 rings (SSSR count). The SMILES string of the molecule is C1=CC2CC1CC2CCCCc1ccccc1.C1=CC2CC1CC2CCCc1ccccc1.C1=CC2CC1CC2CCc1ccccc1.C1=CC2CC1CC2OCc1ccccc1.CC(C)(C)c1cc(C(c2cc(C(C)(C)C)c(O)c(C(C)(C)C)c2)C2CC3C=CC2C3)cc(C(C)(C)C)c1O.CCCCCCCCC1CC2C=CC1C2.CCCCCCCCCCC1CC2C=CC1C2. The highest BCUT2D eigenvalue weighted by Gasteiger charge is 2.45. The summed E-state index contributed by atoms with van der Waals surface area (Å²) in [5.74, 6) is 18.9. The summed E-state index contributed by atoms with van der Waals surface area (Å²) < 4.78 is 5.97. The van der Waals surface area contributed by atoms with E-state index in [0.717, 1.165) is 124 Å². The Hall–Kier alpha value is -6.94. The number of ether oxygens (including phenoxy) is 1. The van der Waals surface area contributed by atoms with Crippen LogP contribution in [0.2, 0.25) is 0 Å². The number of allylic oxidation sites excluding steroid dienone is 13. The van der Waals surface area contributed by atoms with Crippen LogP contribution in [0.5, 0.6) is 11.5 Å². The summed E-state index contributed by atoms with van der Waals surface area (Å²) in [5, 5.41) is 23.0. The van der Waals surface area contributed by atoms with Crippen LogP contribution in [0.1, 0.15) is 390 Å². The molecule has 7 fully saturated rings. The van der Waals surface area contributed by atoms with Crippen molar-refractivity contribution in [3.8, 4) is 11.5 Å². The minimum atomic E-state index is -0.179.